The lowest BCUT2D eigenvalue weighted by Crippen LogP contribution is -1.83. The van der Waals surface area contributed by atoms with Crippen LogP contribution in [0.4, 0.5) is 0 Å². The van der Waals surface area contributed by atoms with E-state index in [4.69, 9.17) is 0 Å². The molecule has 2 aromatic rings. The van der Waals surface area contributed by atoms with Crippen LogP contribution in [0.15, 0.2) is 34.1 Å². The van der Waals surface area contributed by atoms with E-state index in [0.717, 1.165) is 20.6 Å². The first-order chi connectivity index (χ1) is 7.67. The zero-order valence-electron chi connectivity index (χ0n) is 9.02. The Morgan fingerprint density at radius 2 is 1.69 bits per heavy atom. The normalized spacial score (nSPS) is 10.9. The molecule has 0 bridgehead atoms. The summed E-state index contributed by atoms with van der Waals surface area (Å²) in [5.74, 6) is 0.484. The second-order valence-electron chi connectivity index (χ2n) is 3.36. The number of hydrogen-bond acceptors (Lipinski definition) is 4. The average molecular weight is 252 g/mol. The Morgan fingerprint density at radius 3 is 2.31 bits per heavy atom. The highest BCUT2D eigenvalue weighted by atomic mass is 32.2. The molecule has 2 nitrogen and oxygen atoms in total. The molecule has 0 aliphatic heterocycles. The van der Waals surface area contributed by atoms with Crippen LogP contribution >= 0.6 is 23.5 Å². The van der Waals surface area contributed by atoms with Crippen LogP contribution in [0.1, 0.15) is 0 Å². The molecule has 16 heavy (non-hydrogen) atoms. The van der Waals surface area contributed by atoms with Gasteiger partial charge in [0.05, 0.1) is 0 Å². The van der Waals surface area contributed by atoms with E-state index >= 15 is 0 Å². The topological polar surface area (TPSA) is 40.5 Å². The maximum absolute atomic E-state index is 9.89. The minimum atomic E-state index is 0.223. The molecule has 0 atom stereocenters. The zero-order valence-corrected chi connectivity index (χ0v) is 10.7. The summed E-state index contributed by atoms with van der Waals surface area (Å²) in [7, 11) is 0. The summed E-state index contributed by atoms with van der Waals surface area (Å²) in [5, 5.41) is 21.1. The molecule has 0 aliphatic rings. The molecule has 0 aliphatic carbocycles. The maximum Gasteiger partial charge on any atom is 0.124 e. The summed E-state index contributed by atoms with van der Waals surface area (Å²) in [5.41, 5.74) is 0. The van der Waals surface area contributed by atoms with Gasteiger partial charge in [0, 0.05) is 20.6 Å². The van der Waals surface area contributed by atoms with Gasteiger partial charge in [-0.25, -0.2) is 0 Å². The molecule has 0 saturated heterocycles. The van der Waals surface area contributed by atoms with E-state index < -0.39 is 0 Å². The van der Waals surface area contributed by atoms with E-state index in [1.807, 2.05) is 12.5 Å². The monoisotopic (exact) mass is 252 g/mol. The Bertz CT molecular complexity index is 538. The highest BCUT2D eigenvalue weighted by Gasteiger charge is 2.11. The van der Waals surface area contributed by atoms with Gasteiger partial charge in [-0.15, -0.1) is 23.5 Å². The van der Waals surface area contributed by atoms with Gasteiger partial charge in [-0.05, 0) is 36.8 Å². The fourth-order valence-electron chi connectivity index (χ4n) is 1.71. The van der Waals surface area contributed by atoms with Gasteiger partial charge in [0.15, 0.2) is 0 Å². The number of hydrogen-bond donors (Lipinski definition) is 2. The second-order valence-corrected chi connectivity index (χ2v) is 5.03. The first-order valence-corrected chi connectivity index (χ1v) is 7.19. The molecule has 0 aromatic heterocycles. The Kier molecular flexibility index (Phi) is 3.21. The number of rotatable bonds is 2. The summed E-state index contributed by atoms with van der Waals surface area (Å²) < 4.78 is 0. The summed E-state index contributed by atoms with van der Waals surface area (Å²) >= 11 is 3.22. The molecular formula is C12H12O2S2. The third kappa shape index (κ3) is 1.83. The third-order valence-corrected chi connectivity index (χ3v) is 4.18. The van der Waals surface area contributed by atoms with Crippen molar-refractivity contribution in [3.05, 3.63) is 24.3 Å². The smallest absolute Gasteiger partial charge is 0.124 e. The molecule has 0 fully saturated rings. The van der Waals surface area contributed by atoms with Gasteiger partial charge < -0.3 is 10.2 Å². The minimum absolute atomic E-state index is 0.223. The molecule has 2 N–H and O–H groups in total. The highest BCUT2D eigenvalue weighted by molar-refractivity contribution is 8.01. The van der Waals surface area contributed by atoms with Gasteiger partial charge in [-0.1, -0.05) is 0 Å². The Balaban J connectivity index is 2.87. The van der Waals surface area contributed by atoms with Crippen molar-refractivity contribution in [1.29, 1.82) is 0 Å². The molecule has 4 heteroatoms. The molecule has 0 saturated carbocycles. The van der Waals surface area contributed by atoms with Crippen molar-refractivity contribution in [2.45, 2.75) is 9.79 Å². The quantitative estimate of drug-likeness (QED) is 0.800. The first kappa shape index (κ1) is 11.5. The van der Waals surface area contributed by atoms with Crippen LogP contribution in [0.3, 0.4) is 0 Å². The van der Waals surface area contributed by atoms with Crippen molar-refractivity contribution in [3.63, 3.8) is 0 Å². The van der Waals surface area contributed by atoms with Gasteiger partial charge in [-0.3, -0.25) is 0 Å². The van der Waals surface area contributed by atoms with Gasteiger partial charge in [0.2, 0.25) is 0 Å². The van der Waals surface area contributed by atoms with Crippen molar-refractivity contribution in [1.82, 2.24) is 0 Å². The Labute approximate surface area is 103 Å². The van der Waals surface area contributed by atoms with Gasteiger partial charge >= 0.3 is 0 Å². The second kappa shape index (κ2) is 4.47. The maximum atomic E-state index is 9.89. The molecule has 0 radical (unpaired) electrons. The van der Waals surface area contributed by atoms with E-state index in [9.17, 15) is 10.2 Å². The Hall–Kier alpha value is -1.000. The van der Waals surface area contributed by atoms with E-state index in [0.29, 0.717) is 0 Å². The van der Waals surface area contributed by atoms with Crippen LogP contribution in [0.5, 0.6) is 11.5 Å². The van der Waals surface area contributed by atoms with Crippen LogP contribution in [0.2, 0.25) is 0 Å². The third-order valence-electron chi connectivity index (χ3n) is 2.44. The average Bonchev–Trinajstić information content (AvgIpc) is 2.28. The SMILES string of the molecule is CSc1cc(O)c2ccc(O)cc2c1SC. The molecule has 0 spiro atoms. The van der Waals surface area contributed by atoms with Gasteiger partial charge in [-0.2, -0.15) is 0 Å². The summed E-state index contributed by atoms with van der Waals surface area (Å²) in [6.45, 7) is 0. The summed E-state index contributed by atoms with van der Waals surface area (Å²) in [6.07, 6.45) is 3.97. The van der Waals surface area contributed by atoms with E-state index in [1.54, 1.807) is 47.8 Å². The molecule has 2 aromatic carbocycles. The molecule has 84 valence electrons. The predicted molar refractivity (Wildman–Crippen MR) is 70.8 cm³/mol. The van der Waals surface area contributed by atoms with Crippen molar-refractivity contribution < 1.29 is 10.2 Å². The standard InChI is InChI=1S/C12H12O2S2/c1-15-11-6-10(14)8-4-3-7(13)5-9(8)12(11)16-2/h3-6,13-14H,1-2H3. The fraction of sp³-hybridized carbons (Fsp3) is 0.167. The first-order valence-electron chi connectivity index (χ1n) is 4.74. The van der Waals surface area contributed by atoms with Crippen molar-refractivity contribution in [3.8, 4) is 11.5 Å². The van der Waals surface area contributed by atoms with Gasteiger partial charge in [0.25, 0.3) is 0 Å². The lowest BCUT2D eigenvalue weighted by atomic mass is 10.1. The summed E-state index contributed by atoms with van der Waals surface area (Å²) in [6, 6.07) is 6.80. The van der Waals surface area contributed by atoms with Crippen molar-refractivity contribution in [2.75, 3.05) is 12.5 Å². The molecule has 2 rings (SSSR count). The minimum Gasteiger partial charge on any atom is -0.508 e. The van der Waals surface area contributed by atoms with Crippen LogP contribution < -0.4 is 0 Å². The lowest BCUT2D eigenvalue weighted by Gasteiger charge is -2.11. The van der Waals surface area contributed by atoms with Crippen molar-refractivity contribution >= 4 is 34.3 Å². The van der Waals surface area contributed by atoms with Crippen LogP contribution in [-0.2, 0) is 0 Å². The number of phenols is 2. The molecule has 0 unspecified atom stereocenters. The number of aromatic hydroxyl groups is 2. The van der Waals surface area contributed by atoms with E-state index in [2.05, 4.69) is 0 Å². The van der Waals surface area contributed by atoms with E-state index in [-0.39, 0.29) is 11.5 Å². The highest BCUT2D eigenvalue weighted by Crippen LogP contribution is 2.40. The molecular weight excluding hydrogens is 240 g/mol. The molecule has 0 amide bonds. The number of thioether (sulfide) groups is 2. The number of fused-ring (bicyclic) bond motifs is 1. The number of phenolic OH excluding ortho intramolecular Hbond substituents is 2. The van der Waals surface area contributed by atoms with E-state index in [1.165, 1.54) is 0 Å². The summed E-state index contributed by atoms with van der Waals surface area (Å²) in [4.78, 5) is 2.12. The lowest BCUT2D eigenvalue weighted by molar-refractivity contribution is 0.474. The predicted octanol–water partition coefficient (Wildman–Crippen LogP) is 3.69. The largest absolute Gasteiger partial charge is 0.508 e. The fourth-order valence-corrected chi connectivity index (χ4v) is 3.38. The van der Waals surface area contributed by atoms with Crippen LogP contribution in [-0.4, -0.2) is 22.7 Å². The number of benzene rings is 2. The zero-order chi connectivity index (χ0) is 11.7. The molecule has 0 heterocycles. The van der Waals surface area contributed by atoms with Crippen LogP contribution in [0.25, 0.3) is 10.8 Å². The van der Waals surface area contributed by atoms with Crippen LogP contribution in [0, 0.1) is 0 Å². The Morgan fingerprint density at radius 1 is 0.938 bits per heavy atom. The van der Waals surface area contributed by atoms with Gasteiger partial charge in [0.1, 0.15) is 11.5 Å². The van der Waals surface area contributed by atoms with Crippen molar-refractivity contribution in [2.24, 2.45) is 0 Å².